The van der Waals surface area contributed by atoms with Gasteiger partial charge in [-0.15, -0.1) is 20.5 Å². The third kappa shape index (κ3) is 17.5. The van der Waals surface area contributed by atoms with Crippen molar-refractivity contribution in [2.75, 3.05) is 48.9 Å². The van der Waals surface area contributed by atoms with Crippen LogP contribution in [0.1, 0.15) is 0 Å². The van der Waals surface area contributed by atoms with Gasteiger partial charge >= 0.3 is 148 Å². The second-order valence-electron chi connectivity index (χ2n) is 15.1. The average Bonchev–Trinajstić information content (AvgIpc) is 3.31. The molecular weight excluding hydrogens is 1220 g/mol. The topological polar surface area (TPSA) is 492 Å². The number of phenols is 2. The molecule has 30 nitrogen and oxygen atoms in total. The van der Waals surface area contributed by atoms with Crippen molar-refractivity contribution in [2.24, 2.45) is 20.5 Å². The maximum absolute atomic E-state index is 12.6. The van der Waals surface area contributed by atoms with Crippen LogP contribution >= 0.6 is 0 Å². The number of ether oxygens (including phenoxy) is 1. The van der Waals surface area contributed by atoms with Crippen molar-refractivity contribution in [3.05, 3.63) is 84.9 Å². The molecule has 7 rings (SSSR count). The molecular formula is C40H31N10Na5O20S5. The second-order valence-corrected chi connectivity index (χ2v) is 21.9. The molecule has 7 aromatic rings. The zero-order valence-electron chi connectivity index (χ0n) is 42.4. The van der Waals surface area contributed by atoms with E-state index in [4.69, 9.17) is 4.74 Å². The molecule has 0 saturated heterocycles. The number of phenolic OH excluding ortho intramolecular Hbond substituents is 2. The molecule has 0 saturated carbocycles. The molecule has 0 aliphatic heterocycles. The number of hydrogen-bond donors (Lipinski definition) is 6. The summed E-state index contributed by atoms with van der Waals surface area (Å²) in [6, 6.07) is 13.2. The fraction of sp³-hybridized carbons (Fsp3) is 0.125. The standard InChI is InChI=1S/C40H36N10O20S5.5Na/c1-70-23-7-9-27(30(18-23)73(61,62)63)47-48-34-31(74(64,65)66)16-20-14-22(6-8-25(20)36(34)53)41-38-43-39(45-40(44-38)50(10-12-51)11-13-52)42-28-19-24(71(55,56)57)15-21-17-32(75(67,68)69)35(37(54)33(21)28)49-46-26-4-2-3-5-29(26)72(58,59)60;;;;;/h2-9,14-19,51-54H,10-13H2,1H3,(H,55,56,57)(H,58,59,60)(H,61,62,63)(H,64,65,66)(H,67,68,69)(H2,41,42,43,44,45);;;;;/q;5*+1/p-5. The fourth-order valence-corrected chi connectivity index (χ4v) is 10.1. The molecule has 80 heavy (non-hydrogen) atoms. The molecule has 6 N–H and O–H groups in total. The SMILES string of the molecule is COc1ccc(N=Nc2c(S(=O)(=O)[O-])cc3cc(Nc4nc(Nc5cc(S(=O)(=O)[O-])cc6cc(S(=O)(=O)[O-])c(N=Nc7ccccc7S(=O)(=O)[O-])c(O)c56)nc(N(CCO)CCO)n4)ccc3c2O)c(S(=O)(=O)[O-])c1.[Na+].[Na+].[Na+].[Na+].[Na+]. The molecule has 0 fully saturated rings. The average molecular weight is 1250 g/mol. The first-order valence-corrected chi connectivity index (χ1v) is 27.4. The van der Waals surface area contributed by atoms with E-state index < -0.39 is 151 Å². The molecule has 0 radical (unpaired) electrons. The summed E-state index contributed by atoms with van der Waals surface area (Å²) in [4.78, 5) is 8.43. The summed E-state index contributed by atoms with van der Waals surface area (Å²) in [5.41, 5.74) is -4.10. The van der Waals surface area contributed by atoms with Crippen LogP contribution in [0.15, 0.2) is 130 Å². The Morgan fingerprint density at radius 1 is 0.537 bits per heavy atom. The second kappa shape index (κ2) is 29.4. The Hall–Kier alpha value is -2.68. The van der Waals surface area contributed by atoms with E-state index in [0.717, 1.165) is 42.5 Å². The number of rotatable bonds is 19. The van der Waals surface area contributed by atoms with Gasteiger partial charge in [0, 0.05) is 29.5 Å². The number of aliphatic hydroxyl groups excluding tert-OH is 2. The van der Waals surface area contributed by atoms with Crippen LogP contribution in [0.2, 0.25) is 0 Å². The largest absolute Gasteiger partial charge is 1.00 e. The van der Waals surface area contributed by atoms with E-state index in [0.29, 0.717) is 18.2 Å². The minimum atomic E-state index is -5.70. The smallest absolute Gasteiger partial charge is 0.744 e. The number of nitrogens with one attached hydrogen (secondary N) is 2. The van der Waals surface area contributed by atoms with E-state index in [2.05, 4.69) is 46.0 Å². The summed E-state index contributed by atoms with van der Waals surface area (Å²) in [5.74, 6) is -3.76. The van der Waals surface area contributed by atoms with E-state index >= 15 is 0 Å². The number of aromatic hydroxyl groups is 2. The zero-order valence-corrected chi connectivity index (χ0v) is 56.4. The van der Waals surface area contributed by atoms with Crippen molar-refractivity contribution in [2.45, 2.75) is 24.5 Å². The number of aromatic nitrogens is 3. The summed E-state index contributed by atoms with van der Waals surface area (Å²) in [6.45, 7) is -1.65. The maximum Gasteiger partial charge on any atom is 1.00 e. The third-order valence-electron chi connectivity index (χ3n) is 10.2. The predicted molar refractivity (Wildman–Crippen MR) is 252 cm³/mol. The van der Waals surface area contributed by atoms with E-state index in [-0.39, 0.29) is 189 Å². The van der Waals surface area contributed by atoms with Gasteiger partial charge in [-0.05, 0) is 83.6 Å². The summed E-state index contributed by atoms with van der Waals surface area (Å²) >= 11 is 0. The summed E-state index contributed by atoms with van der Waals surface area (Å²) in [6.07, 6.45) is 0. The van der Waals surface area contributed by atoms with Gasteiger partial charge in [-0.2, -0.15) is 15.0 Å². The Balaban J connectivity index is 0.00000437. The van der Waals surface area contributed by atoms with Gasteiger partial charge in [-0.25, -0.2) is 42.1 Å². The van der Waals surface area contributed by atoms with Crippen molar-refractivity contribution in [1.82, 2.24) is 15.0 Å². The Bertz CT molecular complexity index is 4130. The van der Waals surface area contributed by atoms with Gasteiger partial charge in [0.15, 0.2) is 11.5 Å². The van der Waals surface area contributed by atoms with Crippen molar-refractivity contribution < 1.29 is 238 Å². The van der Waals surface area contributed by atoms with Crippen LogP contribution in [0, 0.1) is 0 Å². The number of methoxy groups -OCH3 is 1. The van der Waals surface area contributed by atoms with E-state index in [9.17, 15) is 85.3 Å². The van der Waals surface area contributed by atoms with Gasteiger partial charge in [-0.3, -0.25) is 0 Å². The first-order chi connectivity index (χ1) is 35.0. The van der Waals surface area contributed by atoms with Crippen LogP contribution in [0.4, 0.5) is 52.0 Å². The minimum absolute atomic E-state index is 0. The summed E-state index contributed by atoms with van der Waals surface area (Å²) < 4.78 is 189. The monoisotopic (exact) mass is 1250 g/mol. The number of anilines is 5. The normalized spacial score (nSPS) is 11.9. The van der Waals surface area contributed by atoms with Crippen LogP contribution in [0.5, 0.6) is 17.2 Å². The molecule has 40 heteroatoms. The fourth-order valence-electron chi connectivity index (χ4n) is 6.99. The quantitative estimate of drug-likeness (QED) is 0.0249. The van der Waals surface area contributed by atoms with Crippen LogP contribution in [0.25, 0.3) is 21.5 Å². The van der Waals surface area contributed by atoms with Gasteiger partial charge in [0.2, 0.25) is 17.8 Å². The van der Waals surface area contributed by atoms with Crippen LogP contribution < -0.4 is 168 Å². The molecule has 0 bridgehead atoms. The van der Waals surface area contributed by atoms with Crippen LogP contribution in [-0.4, -0.2) is 134 Å². The van der Waals surface area contributed by atoms with Gasteiger partial charge in [0.1, 0.15) is 79.1 Å². The zero-order chi connectivity index (χ0) is 55.0. The van der Waals surface area contributed by atoms with Gasteiger partial charge in [0.25, 0.3) is 0 Å². The van der Waals surface area contributed by atoms with Gasteiger partial charge in [0.05, 0.1) is 50.5 Å². The molecule has 0 aliphatic carbocycles. The molecule has 396 valence electrons. The third-order valence-corrected chi connectivity index (χ3v) is 14.5. The Labute approximate surface area is 565 Å². The molecule has 0 spiro atoms. The first kappa shape index (κ1) is 73.4. The molecule has 6 aromatic carbocycles. The van der Waals surface area contributed by atoms with Gasteiger partial charge < -0.3 is 63.5 Å². The van der Waals surface area contributed by atoms with E-state index in [1.807, 2.05) is 0 Å². The number of azo groups is 2. The summed E-state index contributed by atoms with van der Waals surface area (Å²) in [7, 11) is -26.0. The van der Waals surface area contributed by atoms with E-state index in [1.165, 1.54) is 36.3 Å². The number of fused-ring (bicyclic) bond motifs is 2. The Kier molecular flexibility index (Phi) is 27.0. The van der Waals surface area contributed by atoms with Crippen LogP contribution in [-0.2, 0) is 50.6 Å². The molecule has 0 amide bonds. The van der Waals surface area contributed by atoms with Crippen LogP contribution in [0.3, 0.4) is 0 Å². The molecule has 1 heterocycles. The van der Waals surface area contributed by atoms with Crippen molar-refractivity contribution in [1.29, 1.82) is 0 Å². The molecule has 0 atom stereocenters. The maximum atomic E-state index is 12.6. The van der Waals surface area contributed by atoms with E-state index in [1.54, 1.807) is 0 Å². The Morgan fingerprint density at radius 3 is 1.57 bits per heavy atom. The van der Waals surface area contributed by atoms with Gasteiger partial charge in [-0.1, -0.05) is 12.1 Å². The predicted octanol–water partition coefficient (Wildman–Crippen LogP) is -11.8. The first-order valence-electron chi connectivity index (χ1n) is 20.3. The van der Waals surface area contributed by atoms with Crippen molar-refractivity contribution in [3.8, 4) is 17.2 Å². The molecule has 1 aromatic heterocycles. The number of hydrogen-bond acceptors (Lipinski definition) is 30. The Morgan fingerprint density at radius 2 is 1.05 bits per heavy atom. The van der Waals surface area contributed by atoms with Crippen molar-refractivity contribution >= 4 is 124 Å². The number of benzene rings is 6. The minimum Gasteiger partial charge on any atom is -0.744 e. The summed E-state index contributed by atoms with van der Waals surface area (Å²) in [5, 5.41) is 60.7. The number of nitrogens with zero attached hydrogens (tertiary/aromatic N) is 8. The number of aliphatic hydroxyl groups is 2. The molecule has 0 aliphatic rings. The molecule has 0 unspecified atom stereocenters. The van der Waals surface area contributed by atoms with Crippen molar-refractivity contribution in [3.63, 3.8) is 0 Å².